The highest BCUT2D eigenvalue weighted by Crippen LogP contribution is 2.12. The third-order valence-corrected chi connectivity index (χ3v) is 4.03. The smallest absolute Gasteiger partial charge is 0.255 e. The first kappa shape index (κ1) is 17.2. The number of nitrogens with one attached hydrogen (secondary N) is 2. The molecule has 0 saturated carbocycles. The monoisotopic (exact) mass is 332 g/mol. The molecule has 23 heavy (non-hydrogen) atoms. The molecule has 2 aromatic carbocycles. The van der Waals surface area contributed by atoms with E-state index in [0.29, 0.717) is 18.5 Å². The van der Waals surface area contributed by atoms with Crippen LogP contribution in [0.15, 0.2) is 48.5 Å². The van der Waals surface area contributed by atoms with E-state index in [1.165, 1.54) is 0 Å². The highest BCUT2D eigenvalue weighted by Gasteiger charge is 2.06. The fraction of sp³-hybridized carbons (Fsp3) is 0.235. The summed E-state index contributed by atoms with van der Waals surface area (Å²) < 4.78 is 24.4. The van der Waals surface area contributed by atoms with Gasteiger partial charge in [0.25, 0.3) is 5.91 Å². The summed E-state index contributed by atoms with van der Waals surface area (Å²) in [5.74, 6) is -0.172. The molecule has 0 fully saturated rings. The predicted molar refractivity (Wildman–Crippen MR) is 92.1 cm³/mol. The fourth-order valence-corrected chi connectivity index (χ4v) is 2.52. The molecule has 0 saturated heterocycles. The van der Waals surface area contributed by atoms with Crippen molar-refractivity contribution in [1.82, 2.24) is 4.72 Å². The molecule has 0 spiro atoms. The maximum Gasteiger partial charge on any atom is 0.255 e. The molecule has 6 heteroatoms. The van der Waals surface area contributed by atoms with E-state index in [1.807, 2.05) is 43.3 Å². The largest absolute Gasteiger partial charge is 0.322 e. The van der Waals surface area contributed by atoms with Crippen molar-refractivity contribution < 1.29 is 13.2 Å². The molecule has 0 atom stereocenters. The molecule has 0 radical (unpaired) electrons. The van der Waals surface area contributed by atoms with Gasteiger partial charge in [-0.2, -0.15) is 0 Å². The summed E-state index contributed by atoms with van der Waals surface area (Å²) in [5, 5.41) is 2.84. The van der Waals surface area contributed by atoms with Crippen molar-refractivity contribution in [3.63, 3.8) is 0 Å². The van der Waals surface area contributed by atoms with Crippen LogP contribution in [0.1, 0.15) is 21.5 Å². The first-order chi connectivity index (χ1) is 10.8. The maximum absolute atomic E-state index is 12.2. The zero-order valence-electron chi connectivity index (χ0n) is 13.2. The zero-order valence-corrected chi connectivity index (χ0v) is 14.0. The van der Waals surface area contributed by atoms with Crippen LogP contribution >= 0.6 is 0 Å². The predicted octanol–water partition coefficient (Wildman–Crippen LogP) is 2.34. The lowest BCUT2D eigenvalue weighted by molar-refractivity contribution is 0.102. The Morgan fingerprint density at radius 3 is 2.17 bits per heavy atom. The molecule has 5 nitrogen and oxygen atoms in total. The lowest BCUT2D eigenvalue weighted by Crippen LogP contribution is -2.24. The fourth-order valence-electron chi connectivity index (χ4n) is 2.04. The van der Waals surface area contributed by atoms with Gasteiger partial charge in [0, 0.05) is 17.8 Å². The second-order valence-corrected chi connectivity index (χ2v) is 7.27. The minimum atomic E-state index is -3.17. The molecule has 122 valence electrons. The lowest BCUT2D eigenvalue weighted by Gasteiger charge is -2.07. The highest BCUT2D eigenvalue weighted by molar-refractivity contribution is 7.88. The van der Waals surface area contributed by atoms with Gasteiger partial charge in [-0.3, -0.25) is 4.79 Å². The van der Waals surface area contributed by atoms with Gasteiger partial charge in [0.05, 0.1) is 6.26 Å². The van der Waals surface area contributed by atoms with Crippen LogP contribution in [0.3, 0.4) is 0 Å². The van der Waals surface area contributed by atoms with E-state index in [1.54, 1.807) is 12.1 Å². The number of hydrogen-bond acceptors (Lipinski definition) is 3. The number of sulfonamides is 1. The number of benzene rings is 2. The molecule has 2 N–H and O–H groups in total. The number of amides is 1. The Hall–Kier alpha value is -2.18. The van der Waals surface area contributed by atoms with E-state index in [0.717, 1.165) is 23.1 Å². The molecular weight excluding hydrogens is 312 g/mol. The number of aryl methyl sites for hydroxylation is 1. The van der Waals surface area contributed by atoms with Crippen molar-refractivity contribution in [2.24, 2.45) is 0 Å². The van der Waals surface area contributed by atoms with E-state index in [2.05, 4.69) is 10.0 Å². The average molecular weight is 332 g/mol. The topological polar surface area (TPSA) is 75.3 Å². The number of carbonyl (C=O) groups excluding carboxylic acids is 1. The molecule has 2 rings (SSSR count). The molecule has 0 aliphatic carbocycles. The molecular formula is C17H20N2O3S. The van der Waals surface area contributed by atoms with Crippen LogP contribution in [0.5, 0.6) is 0 Å². The van der Waals surface area contributed by atoms with E-state index in [9.17, 15) is 13.2 Å². The molecule has 0 bridgehead atoms. The summed E-state index contributed by atoms with van der Waals surface area (Å²) in [6, 6.07) is 14.7. The Morgan fingerprint density at radius 1 is 1.00 bits per heavy atom. The third kappa shape index (κ3) is 5.84. The van der Waals surface area contributed by atoms with E-state index in [4.69, 9.17) is 0 Å². The summed E-state index contributed by atoms with van der Waals surface area (Å²) in [6.45, 7) is 2.33. The van der Waals surface area contributed by atoms with Crippen molar-refractivity contribution in [3.05, 3.63) is 65.2 Å². The maximum atomic E-state index is 12.2. The molecule has 0 aliphatic heterocycles. The summed E-state index contributed by atoms with van der Waals surface area (Å²) in [4.78, 5) is 12.2. The summed E-state index contributed by atoms with van der Waals surface area (Å²) >= 11 is 0. The molecule has 2 aromatic rings. The SMILES string of the molecule is Cc1ccc(NC(=O)c2ccc(CCNS(C)(=O)=O)cc2)cc1. The van der Waals surface area contributed by atoms with Crippen LogP contribution in [0.2, 0.25) is 0 Å². The number of carbonyl (C=O) groups is 1. The Balaban J connectivity index is 1.93. The van der Waals surface area contributed by atoms with Crippen molar-refractivity contribution in [3.8, 4) is 0 Å². The molecule has 0 aliphatic rings. The van der Waals surface area contributed by atoms with Crippen LogP contribution in [0, 0.1) is 6.92 Å². The van der Waals surface area contributed by atoms with Crippen LogP contribution in [0.4, 0.5) is 5.69 Å². The van der Waals surface area contributed by atoms with Gasteiger partial charge in [-0.25, -0.2) is 13.1 Å². The number of hydrogen-bond donors (Lipinski definition) is 2. The Bertz CT molecular complexity index is 766. The van der Waals surface area contributed by atoms with E-state index in [-0.39, 0.29) is 5.91 Å². The third-order valence-electron chi connectivity index (χ3n) is 3.30. The Morgan fingerprint density at radius 2 is 1.61 bits per heavy atom. The van der Waals surface area contributed by atoms with Gasteiger partial charge < -0.3 is 5.32 Å². The number of anilines is 1. The Labute approximate surface area is 136 Å². The number of rotatable bonds is 6. The zero-order chi connectivity index (χ0) is 16.9. The summed E-state index contributed by atoms with van der Waals surface area (Å²) in [5.41, 5.74) is 3.41. The minimum Gasteiger partial charge on any atom is -0.322 e. The Kier molecular flexibility index (Phi) is 5.52. The average Bonchev–Trinajstić information content (AvgIpc) is 2.49. The second kappa shape index (κ2) is 7.39. The first-order valence-corrected chi connectivity index (χ1v) is 9.14. The van der Waals surface area contributed by atoms with Crippen molar-refractivity contribution in [1.29, 1.82) is 0 Å². The minimum absolute atomic E-state index is 0.172. The van der Waals surface area contributed by atoms with Crippen LogP contribution < -0.4 is 10.0 Å². The lowest BCUT2D eigenvalue weighted by atomic mass is 10.1. The van der Waals surface area contributed by atoms with Crippen molar-refractivity contribution in [2.45, 2.75) is 13.3 Å². The molecule has 0 unspecified atom stereocenters. The van der Waals surface area contributed by atoms with Gasteiger partial charge in [-0.1, -0.05) is 29.8 Å². The van der Waals surface area contributed by atoms with Gasteiger partial charge in [-0.05, 0) is 43.2 Å². The highest BCUT2D eigenvalue weighted by atomic mass is 32.2. The van der Waals surface area contributed by atoms with Gasteiger partial charge in [-0.15, -0.1) is 0 Å². The normalized spacial score (nSPS) is 11.2. The van der Waals surface area contributed by atoms with Gasteiger partial charge in [0.15, 0.2) is 0 Å². The molecule has 0 heterocycles. The van der Waals surface area contributed by atoms with Gasteiger partial charge in [0.2, 0.25) is 10.0 Å². The van der Waals surface area contributed by atoms with Crippen LogP contribution in [-0.2, 0) is 16.4 Å². The van der Waals surface area contributed by atoms with Gasteiger partial charge in [0.1, 0.15) is 0 Å². The standard InChI is InChI=1S/C17H20N2O3S/c1-13-3-9-16(10-4-13)19-17(20)15-7-5-14(6-8-15)11-12-18-23(2,21)22/h3-10,18H,11-12H2,1-2H3,(H,19,20). The quantitative estimate of drug-likeness (QED) is 0.852. The molecule has 0 aromatic heterocycles. The van der Waals surface area contributed by atoms with Gasteiger partial charge >= 0.3 is 0 Å². The van der Waals surface area contributed by atoms with Crippen LogP contribution in [0.25, 0.3) is 0 Å². The first-order valence-electron chi connectivity index (χ1n) is 7.25. The van der Waals surface area contributed by atoms with E-state index >= 15 is 0 Å². The molecule has 1 amide bonds. The summed E-state index contributed by atoms with van der Waals surface area (Å²) in [7, 11) is -3.17. The second-order valence-electron chi connectivity index (χ2n) is 5.43. The van der Waals surface area contributed by atoms with Crippen LogP contribution in [-0.4, -0.2) is 27.1 Å². The van der Waals surface area contributed by atoms with E-state index < -0.39 is 10.0 Å². The summed E-state index contributed by atoms with van der Waals surface area (Å²) in [6.07, 6.45) is 1.71. The van der Waals surface area contributed by atoms with Crippen molar-refractivity contribution >= 4 is 21.6 Å². The van der Waals surface area contributed by atoms with Crippen molar-refractivity contribution in [2.75, 3.05) is 18.1 Å².